The first-order chi connectivity index (χ1) is 7.85. The number of rotatable bonds is 2. The predicted molar refractivity (Wildman–Crippen MR) is 69.5 cm³/mol. The van der Waals surface area contributed by atoms with Gasteiger partial charge in [-0.2, -0.15) is 5.26 Å². The van der Waals surface area contributed by atoms with Crippen LogP contribution in [-0.4, -0.2) is 0 Å². The van der Waals surface area contributed by atoms with E-state index in [-0.39, 0.29) is 0 Å². The minimum absolute atomic E-state index is 0.870. The van der Waals surface area contributed by atoms with Crippen LogP contribution in [0.1, 0.15) is 54.3 Å². The summed E-state index contributed by atoms with van der Waals surface area (Å²) < 4.78 is 0. The second kappa shape index (κ2) is 5.32. The average molecular weight is 231 g/mol. The largest absolute Gasteiger partial charge is 0.192 e. The monoisotopic (exact) mass is 231 g/mol. The Labute approximate surface area is 101 Å². The van der Waals surface area contributed by atoms with Crippen molar-refractivity contribution in [2.45, 2.75) is 45.4 Å². The highest BCUT2D eigenvalue weighted by molar-refractivity contribution is 7.12. The molecule has 0 fully saturated rings. The van der Waals surface area contributed by atoms with E-state index in [0.29, 0.717) is 0 Å². The minimum Gasteiger partial charge on any atom is -0.192 e. The number of allylic oxidation sites excluding steroid dienone is 2. The number of nitrogens with zero attached hydrogens (tertiary/aromatic N) is 1. The Hall–Kier alpha value is -1.07. The van der Waals surface area contributed by atoms with Crippen LogP contribution >= 0.6 is 11.3 Å². The standard InChI is InChI=1S/C14H17NS/c1-2-3-6-11-7-4-5-8-14-13(11)9-12(10-15)16-14/h6,9H,2-5,7-8H2,1H3. The molecule has 0 saturated carbocycles. The molecule has 16 heavy (non-hydrogen) atoms. The van der Waals surface area contributed by atoms with Gasteiger partial charge in [-0.1, -0.05) is 19.4 Å². The second-order valence-corrected chi connectivity index (χ2v) is 5.42. The van der Waals surface area contributed by atoms with Gasteiger partial charge in [-0.25, -0.2) is 0 Å². The van der Waals surface area contributed by atoms with Crippen LogP contribution in [0.5, 0.6) is 0 Å². The lowest BCUT2D eigenvalue weighted by Gasteiger charge is -2.03. The number of aryl methyl sites for hydroxylation is 1. The van der Waals surface area contributed by atoms with E-state index in [9.17, 15) is 0 Å². The van der Waals surface area contributed by atoms with Gasteiger partial charge in [-0.15, -0.1) is 11.3 Å². The lowest BCUT2D eigenvalue weighted by molar-refractivity contribution is 0.775. The summed E-state index contributed by atoms with van der Waals surface area (Å²) in [4.78, 5) is 2.30. The number of thiophene rings is 1. The van der Waals surface area contributed by atoms with Crippen LogP contribution in [0.25, 0.3) is 5.57 Å². The van der Waals surface area contributed by atoms with E-state index < -0.39 is 0 Å². The molecule has 1 aliphatic rings. The number of unbranched alkanes of at least 4 members (excludes halogenated alkanes) is 1. The van der Waals surface area contributed by atoms with Gasteiger partial charge in [-0.3, -0.25) is 0 Å². The summed E-state index contributed by atoms with van der Waals surface area (Å²) in [7, 11) is 0. The molecule has 0 aliphatic heterocycles. The smallest absolute Gasteiger partial charge is 0.110 e. The summed E-state index contributed by atoms with van der Waals surface area (Å²) in [5.41, 5.74) is 2.85. The summed E-state index contributed by atoms with van der Waals surface area (Å²) in [5, 5.41) is 8.96. The van der Waals surface area contributed by atoms with Crippen LogP contribution in [0.2, 0.25) is 0 Å². The molecule has 0 bridgehead atoms. The molecule has 0 atom stereocenters. The van der Waals surface area contributed by atoms with Crippen molar-refractivity contribution >= 4 is 16.9 Å². The van der Waals surface area contributed by atoms with E-state index >= 15 is 0 Å². The van der Waals surface area contributed by atoms with Gasteiger partial charge in [0.15, 0.2) is 0 Å². The number of hydrogen-bond donors (Lipinski definition) is 0. The van der Waals surface area contributed by atoms with Gasteiger partial charge in [0.1, 0.15) is 10.9 Å². The highest BCUT2D eigenvalue weighted by Crippen LogP contribution is 2.35. The fourth-order valence-corrected chi connectivity index (χ4v) is 3.24. The third-order valence-electron chi connectivity index (χ3n) is 3.04. The third-order valence-corrected chi connectivity index (χ3v) is 4.14. The molecular formula is C14H17NS. The first kappa shape index (κ1) is 11.4. The van der Waals surface area contributed by atoms with E-state index in [4.69, 9.17) is 5.26 Å². The van der Waals surface area contributed by atoms with Crippen molar-refractivity contribution in [1.82, 2.24) is 0 Å². The number of fused-ring (bicyclic) bond motifs is 1. The first-order valence-corrected chi connectivity index (χ1v) is 6.89. The Kier molecular flexibility index (Phi) is 3.79. The van der Waals surface area contributed by atoms with Crippen LogP contribution < -0.4 is 0 Å². The second-order valence-electron chi connectivity index (χ2n) is 4.28. The van der Waals surface area contributed by atoms with Crippen molar-refractivity contribution in [1.29, 1.82) is 5.26 Å². The molecule has 1 aliphatic carbocycles. The fourth-order valence-electron chi connectivity index (χ4n) is 2.21. The SMILES string of the molecule is CCCC=C1CCCCc2sc(C#N)cc21. The molecular weight excluding hydrogens is 214 g/mol. The maximum Gasteiger partial charge on any atom is 0.110 e. The summed E-state index contributed by atoms with van der Waals surface area (Å²) in [6, 6.07) is 4.36. The Morgan fingerprint density at radius 2 is 2.25 bits per heavy atom. The molecule has 1 heterocycles. The Morgan fingerprint density at radius 1 is 1.44 bits per heavy atom. The van der Waals surface area contributed by atoms with E-state index in [1.54, 1.807) is 11.3 Å². The Bertz CT molecular complexity index is 434. The molecule has 0 aromatic carbocycles. The molecule has 0 unspecified atom stereocenters. The molecule has 2 rings (SSSR count). The molecule has 2 heteroatoms. The summed E-state index contributed by atoms with van der Waals surface area (Å²) in [5.74, 6) is 0. The molecule has 84 valence electrons. The average Bonchev–Trinajstić information content (AvgIpc) is 2.63. The van der Waals surface area contributed by atoms with Crippen molar-refractivity contribution in [2.75, 3.05) is 0 Å². The maximum atomic E-state index is 8.96. The summed E-state index contributed by atoms with van der Waals surface area (Å²) in [6.45, 7) is 2.21. The van der Waals surface area contributed by atoms with Gasteiger partial charge in [0.2, 0.25) is 0 Å². The zero-order chi connectivity index (χ0) is 11.4. The lowest BCUT2D eigenvalue weighted by Crippen LogP contribution is -1.83. The third kappa shape index (κ3) is 2.36. The van der Waals surface area contributed by atoms with Crippen LogP contribution in [0.15, 0.2) is 12.1 Å². The van der Waals surface area contributed by atoms with Crippen molar-refractivity contribution in [2.24, 2.45) is 0 Å². The molecule has 0 radical (unpaired) electrons. The van der Waals surface area contributed by atoms with Gasteiger partial charge in [0.25, 0.3) is 0 Å². The molecule has 1 aromatic heterocycles. The van der Waals surface area contributed by atoms with Crippen molar-refractivity contribution in [3.05, 3.63) is 27.5 Å². The zero-order valence-electron chi connectivity index (χ0n) is 9.75. The van der Waals surface area contributed by atoms with Crippen molar-refractivity contribution in [3.63, 3.8) is 0 Å². The van der Waals surface area contributed by atoms with Gasteiger partial charge in [0.05, 0.1) is 0 Å². The maximum absolute atomic E-state index is 8.96. The number of nitriles is 1. The van der Waals surface area contributed by atoms with Gasteiger partial charge in [-0.05, 0) is 49.3 Å². The highest BCUT2D eigenvalue weighted by Gasteiger charge is 2.15. The van der Waals surface area contributed by atoms with Crippen LogP contribution in [-0.2, 0) is 6.42 Å². The quantitative estimate of drug-likeness (QED) is 0.686. The van der Waals surface area contributed by atoms with E-state index in [2.05, 4.69) is 25.1 Å². The molecule has 1 nitrogen and oxygen atoms in total. The van der Waals surface area contributed by atoms with Gasteiger partial charge >= 0.3 is 0 Å². The topological polar surface area (TPSA) is 23.8 Å². The Balaban J connectivity index is 2.36. The predicted octanol–water partition coefficient (Wildman–Crippen LogP) is 4.53. The van der Waals surface area contributed by atoms with Crippen molar-refractivity contribution in [3.8, 4) is 6.07 Å². The van der Waals surface area contributed by atoms with Gasteiger partial charge < -0.3 is 0 Å². The van der Waals surface area contributed by atoms with Crippen LogP contribution in [0.3, 0.4) is 0 Å². The summed E-state index contributed by atoms with van der Waals surface area (Å²) >= 11 is 1.68. The first-order valence-electron chi connectivity index (χ1n) is 6.07. The molecule has 1 aromatic rings. The number of hydrogen-bond acceptors (Lipinski definition) is 2. The molecule has 0 spiro atoms. The molecule has 0 amide bonds. The molecule has 0 N–H and O–H groups in total. The Morgan fingerprint density at radius 3 is 3.00 bits per heavy atom. The van der Waals surface area contributed by atoms with E-state index in [1.165, 1.54) is 41.7 Å². The van der Waals surface area contributed by atoms with Gasteiger partial charge in [0, 0.05) is 4.88 Å². The normalized spacial score (nSPS) is 17.9. The molecule has 0 saturated heterocycles. The zero-order valence-corrected chi connectivity index (χ0v) is 10.6. The highest BCUT2D eigenvalue weighted by atomic mass is 32.1. The summed E-state index contributed by atoms with van der Waals surface area (Å²) in [6.07, 6.45) is 9.64. The van der Waals surface area contributed by atoms with Crippen LogP contribution in [0, 0.1) is 11.3 Å². The van der Waals surface area contributed by atoms with E-state index in [0.717, 1.165) is 17.7 Å². The van der Waals surface area contributed by atoms with Crippen molar-refractivity contribution < 1.29 is 0 Å². The lowest BCUT2D eigenvalue weighted by atomic mass is 10.0. The fraction of sp³-hybridized carbons (Fsp3) is 0.500. The minimum atomic E-state index is 0.870. The van der Waals surface area contributed by atoms with Crippen LogP contribution in [0.4, 0.5) is 0 Å². The van der Waals surface area contributed by atoms with E-state index in [1.807, 2.05) is 0 Å².